The maximum atomic E-state index is 13.0. The maximum Gasteiger partial charge on any atom is 0.258 e. The van der Waals surface area contributed by atoms with Crippen LogP contribution in [0.1, 0.15) is 10.4 Å². The summed E-state index contributed by atoms with van der Waals surface area (Å²) in [5, 5.41) is 4.64. The second kappa shape index (κ2) is 8.53. The Kier molecular flexibility index (Phi) is 6.16. The summed E-state index contributed by atoms with van der Waals surface area (Å²) in [5.74, 6) is -2.86. The number of carbonyl (C=O) groups excluding carboxylic acids is 3. The van der Waals surface area contributed by atoms with Crippen LogP contribution in [0.3, 0.4) is 0 Å². The quantitative estimate of drug-likeness (QED) is 0.749. The number of benzene rings is 2. The fourth-order valence-electron chi connectivity index (χ4n) is 1.80. The summed E-state index contributed by atoms with van der Waals surface area (Å²) >= 11 is 0. The molecule has 2 N–H and O–H groups in total. The molecule has 0 aliphatic rings. The van der Waals surface area contributed by atoms with Gasteiger partial charge in [-0.15, -0.1) is 0 Å². The lowest BCUT2D eigenvalue weighted by molar-refractivity contribution is -0.125. The Balaban J connectivity index is 1.73. The molecule has 0 saturated carbocycles. The third-order valence-corrected chi connectivity index (χ3v) is 3.04. The number of rotatable bonds is 7. The van der Waals surface area contributed by atoms with E-state index in [9.17, 15) is 23.2 Å². The zero-order chi connectivity index (χ0) is 18.2. The molecule has 0 heterocycles. The first-order valence-electron chi connectivity index (χ1n) is 7.17. The Bertz CT molecular complexity index is 779. The fourth-order valence-corrected chi connectivity index (χ4v) is 1.80. The molecule has 0 aromatic heterocycles. The first-order chi connectivity index (χ1) is 12.0. The lowest BCUT2D eigenvalue weighted by atomic mass is 10.2. The number of ether oxygens (including phenoxy) is 1. The molecular weight excluding hydrogens is 334 g/mol. The van der Waals surface area contributed by atoms with Crippen molar-refractivity contribution in [3.63, 3.8) is 0 Å². The van der Waals surface area contributed by atoms with E-state index in [-0.39, 0.29) is 18.8 Å². The van der Waals surface area contributed by atoms with Gasteiger partial charge < -0.3 is 15.4 Å². The molecule has 2 amide bonds. The number of aldehydes is 1. The van der Waals surface area contributed by atoms with Crippen LogP contribution in [0.25, 0.3) is 0 Å². The summed E-state index contributed by atoms with van der Waals surface area (Å²) in [6, 6.07) is 9.06. The molecule has 0 radical (unpaired) electrons. The van der Waals surface area contributed by atoms with Crippen LogP contribution in [0.15, 0.2) is 42.5 Å². The molecule has 2 aromatic carbocycles. The van der Waals surface area contributed by atoms with Crippen LogP contribution in [0.4, 0.5) is 14.5 Å². The van der Waals surface area contributed by atoms with Gasteiger partial charge in [0, 0.05) is 17.3 Å². The van der Waals surface area contributed by atoms with E-state index in [1.807, 2.05) is 0 Å². The number of nitrogens with one attached hydrogen (secondary N) is 2. The minimum atomic E-state index is -1.09. The first-order valence-corrected chi connectivity index (χ1v) is 7.17. The highest BCUT2D eigenvalue weighted by Crippen LogP contribution is 2.13. The zero-order valence-corrected chi connectivity index (χ0v) is 12.9. The summed E-state index contributed by atoms with van der Waals surface area (Å²) in [7, 11) is 0. The van der Waals surface area contributed by atoms with Gasteiger partial charge in [0.1, 0.15) is 12.0 Å². The maximum absolute atomic E-state index is 13.0. The minimum absolute atomic E-state index is 0.0738. The van der Waals surface area contributed by atoms with Crippen LogP contribution in [0.2, 0.25) is 0 Å². The van der Waals surface area contributed by atoms with Gasteiger partial charge in [-0.2, -0.15) is 0 Å². The van der Waals surface area contributed by atoms with E-state index in [0.717, 1.165) is 12.1 Å². The number of amides is 2. The SMILES string of the molecule is O=Cc1ccc(OCC(=O)NCC(=O)Nc2ccc(F)c(F)c2)cc1. The van der Waals surface area contributed by atoms with Crippen molar-refractivity contribution in [2.24, 2.45) is 0 Å². The molecule has 2 rings (SSSR count). The molecule has 0 spiro atoms. The van der Waals surface area contributed by atoms with E-state index in [2.05, 4.69) is 10.6 Å². The molecule has 0 saturated heterocycles. The molecule has 0 aliphatic carbocycles. The molecule has 0 bridgehead atoms. The normalized spacial score (nSPS) is 10.0. The van der Waals surface area contributed by atoms with Crippen molar-refractivity contribution >= 4 is 23.8 Å². The minimum Gasteiger partial charge on any atom is -0.484 e. The Labute approximate surface area is 141 Å². The summed E-state index contributed by atoms with van der Waals surface area (Å²) in [6.45, 7) is -0.676. The van der Waals surface area contributed by atoms with Crippen molar-refractivity contribution in [1.82, 2.24) is 5.32 Å². The molecule has 6 nitrogen and oxygen atoms in total. The lowest BCUT2D eigenvalue weighted by Crippen LogP contribution is -2.35. The third kappa shape index (κ3) is 5.69. The van der Waals surface area contributed by atoms with Gasteiger partial charge in [0.25, 0.3) is 5.91 Å². The molecule has 2 aromatic rings. The molecule has 0 aliphatic heterocycles. The summed E-state index contributed by atoms with van der Waals surface area (Å²) in [6.07, 6.45) is 0.683. The van der Waals surface area contributed by atoms with Gasteiger partial charge in [0.05, 0.1) is 6.54 Å². The standard InChI is InChI=1S/C17H14F2N2O4/c18-14-6-3-12(7-15(14)19)21-16(23)8-20-17(24)10-25-13-4-1-11(9-22)2-5-13/h1-7,9H,8,10H2,(H,20,24)(H,21,23). The monoisotopic (exact) mass is 348 g/mol. The highest BCUT2D eigenvalue weighted by atomic mass is 19.2. The van der Waals surface area contributed by atoms with Crippen LogP contribution in [0, 0.1) is 11.6 Å². The molecule has 0 atom stereocenters. The van der Waals surface area contributed by atoms with E-state index in [0.29, 0.717) is 17.6 Å². The molecule has 130 valence electrons. The number of halogens is 2. The second-order valence-corrected chi connectivity index (χ2v) is 4.93. The van der Waals surface area contributed by atoms with Crippen LogP contribution < -0.4 is 15.4 Å². The topological polar surface area (TPSA) is 84.5 Å². The van der Waals surface area contributed by atoms with Gasteiger partial charge in [-0.25, -0.2) is 8.78 Å². The average Bonchev–Trinajstić information content (AvgIpc) is 2.61. The molecule has 0 unspecified atom stereocenters. The van der Waals surface area contributed by atoms with Crippen LogP contribution in [0.5, 0.6) is 5.75 Å². The predicted octanol–water partition coefficient (Wildman–Crippen LogP) is 1.91. The Morgan fingerprint density at radius 2 is 1.72 bits per heavy atom. The van der Waals surface area contributed by atoms with Crippen molar-refractivity contribution in [3.8, 4) is 5.75 Å². The van der Waals surface area contributed by atoms with Gasteiger partial charge in [-0.1, -0.05) is 0 Å². The fraction of sp³-hybridized carbons (Fsp3) is 0.118. The van der Waals surface area contributed by atoms with Crippen molar-refractivity contribution in [2.75, 3.05) is 18.5 Å². The predicted molar refractivity (Wildman–Crippen MR) is 85.3 cm³/mol. The van der Waals surface area contributed by atoms with Crippen LogP contribution in [-0.2, 0) is 9.59 Å². The van der Waals surface area contributed by atoms with Crippen molar-refractivity contribution in [2.45, 2.75) is 0 Å². The highest BCUT2D eigenvalue weighted by molar-refractivity contribution is 5.94. The third-order valence-electron chi connectivity index (χ3n) is 3.04. The average molecular weight is 348 g/mol. The largest absolute Gasteiger partial charge is 0.484 e. The smallest absolute Gasteiger partial charge is 0.258 e. The van der Waals surface area contributed by atoms with Gasteiger partial charge in [0.15, 0.2) is 18.2 Å². The highest BCUT2D eigenvalue weighted by Gasteiger charge is 2.09. The van der Waals surface area contributed by atoms with E-state index in [1.54, 1.807) is 0 Å². The van der Waals surface area contributed by atoms with Gasteiger partial charge in [-0.05, 0) is 36.4 Å². The number of hydrogen-bond acceptors (Lipinski definition) is 4. The molecule has 25 heavy (non-hydrogen) atoms. The van der Waals surface area contributed by atoms with Crippen molar-refractivity contribution in [1.29, 1.82) is 0 Å². The number of carbonyl (C=O) groups is 3. The Morgan fingerprint density at radius 3 is 2.36 bits per heavy atom. The van der Waals surface area contributed by atoms with Crippen LogP contribution >= 0.6 is 0 Å². The van der Waals surface area contributed by atoms with Crippen LogP contribution in [-0.4, -0.2) is 31.3 Å². The Hall–Kier alpha value is -3.29. The zero-order valence-electron chi connectivity index (χ0n) is 12.9. The molecule has 8 heteroatoms. The van der Waals surface area contributed by atoms with Gasteiger partial charge in [0.2, 0.25) is 5.91 Å². The lowest BCUT2D eigenvalue weighted by Gasteiger charge is -2.08. The van der Waals surface area contributed by atoms with Gasteiger partial charge in [-0.3, -0.25) is 14.4 Å². The molecule has 0 fully saturated rings. The first kappa shape index (κ1) is 18.1. The van der Waals surface area contributed by atoms with E-state index >= 15 is 0 Å². The molecular formula is C17H14F2N2O4. The number of anilines is 1. The summed E-state index contributed by atoms with van der Waals surface area (Å²) in [4.78, 5) is 33.8. The van der Waals surface area contributed by atoms with E-state index in [1.165, 1.54) is 30.3 Å². The Morgan fingerprint density at radius 1 is 1.00 bits per heavy atom. The van der Waals surface area contributed by atoms with E-state index in [4.69, 9.17) is 4.74 Å². The summed E-state index contributed by atoms with van der Waals surface area (Å²) < 4.78 is 31.0. The summed E-state index contributed by atoms with van der Waals surface area (Å²) in [5.41, 5.74) is 0.551. The van der Waals surface area contributed by atoms with E-state index < -0.39 is 23.4 Å². The number of hydrogen-bond donors (Lipinski definition) is 2. The second-order valence-electron chi connectivity index (χ2n) is 4.93. The van der Waals surface area contributed by atoms with Crippen molar-refractivity contribution < 1.29 is 27.9 Å². The van der Waals surface area contributed by atoms with Gasteiger partial charge >= 0.3 is 0 Å². The van der Waals surface area contributed by atoms with Crippen molar-refractivity contribution in [3.05, 3.63) is 59.7 Å².